The van der Waals surface area contributed by atoms with Gasteiger partial charge in [-0.3, -0.25) is 0 Å². The summed E-state index contributed by atoms with van der Waals surface area (Å²) in [6.45, 7) is 5.85. The van der Waals surface area contributed by atoms with Crippen molar-refractivity contribution in [2.75, 3.05) is 12.3 Å². The number of nitrogens with zero attached hydrogens (tertiary/aromatic N) is 1. The molecule has 1 nitrogen and oxygen atoms in total. The van der Waals surface area contributed by atoms with E-state index in [-0.39, 0.29) is 0 Å². The van der Waals surface area contributed by atoms with Crippen LogP contribution < -0.4 is 0 Å². The zero-order valence-corrected chi connectivity index (χ0v) is 17.5. The van der Waals surface area contributed by atoms with Crippen LogP contribution in [0.4, 0.5) is 0 Å². The van der Waals surface area contributed by atoms with Crippen molar-refractivity contribution in [3.8, 4) is 0 Å². The standard InChI is InChI=1S/C15H30NS3.Mo/c1-3-5-7-9-11-13-16-15(18-19-15)17-14-12-10-8-6-4-2;/h3-14H2,1-2H3;/q-1;+1. The van der Waals surface area contributed by atoms with E-state index in [2.05, 4.69) is 70.7 Å². The summed E-state index contributed by atoms with van der Waals surface area (Å²) in [4.78, 5) is 0. The van der Waals surface area contributed by atoms with Gasteiger partial charge in [-0.15, -0.1) is 0 Å². The predicted octanol–water partition coefficient (Wildman–Crippen LogP) is 6.43. The van der Waals surface area contributed by atoms with Crippen LogP contribution in [0, 0.1) is 0 Å². The molecule has 0 amide bonds. The fourth-order valence-electron chi connectivity index (χ4n) is 2.14. The van der Waals surface area contributed by atoms with Gasteiger partial charge in [-0.2, -0.15) is 0 Å². The Morgan fingerprint density at radius 2 is 1.40 bits per heavy atom. The summed E-state index contributed by atoms with van der Waals surface area (Å²) < 4.78 is 2.99. The maximum atomic E-state index is 2.60. The van der Waals surface area contributed by atoms with Crippen LogP contribution in [0.25, 0.3) is 0 Å². The van der Waals surface area contributed by atoms with E-state index in [9.17, 15) is 0 Å². The molecule has 0 N–H and O–H groups in total. The molecule has 1 fully saturated rings. The Bertz CT molecular complexity index is 237. The molecule has 0 atom stereocenters. The minimum atomic E-state index is 0.389. The summed E-state index contributed by atoms with van der Waals surface area (Å²) in [5.74, 6) is 1.34. The Morgan fingerprint density at radius 3 is 1.95 bits per heavy atom. The van der Waals surface area contributed by atoms with E-state index in [1.54, 1.807) is 0 Å². The molecule has 0 radical (unpaired) electrons. The first-order chi connectivity index (χ1) is 9.75. The fraction of sp³-hybridized carbons (Fsp3) is 1.00. The van der Waals surface area contributed by atoms with Crippen LogP contribution in [0.5, 0.6) is 0 Å². The van der Waals surface area contributed by atoms with Gasteiger partial charge in [-0.05, 0) is 0 Å². The van der Waals surface area contributed by atoms with Gasteiger partial charge < -0.3 is 0 Å². The molecule has 1 aliphatic heterocycles. The predicted molar refractivity (Wildman–Crippen MR) is 94.6 cm³/mol. The number of hydrogen-bond acceptors (Lipinski definition) is 4. The molecule has 1 saturated heterocycles. The Kier molecular flexibility index (Phi) is 12.0. The van der Waals surface area contributed by atoms with Crippen LogP contribution in [-0.4, -0.2) is 19.3 Å². The van der Waals surface area contributed by atoms with Crippen LogP contribution in [0.1, 0.15) is 78.1 Å². The third-order valence-electron chi connectivity index (χ3n) is 3.53. The first-order valence-corrected chi connectivity index (χ1v) is 12.2. The topological polar surface area (TPSA) is 3.24 Å². The molecular formula is C15H30MoNS3. The van der Waals surface area contributed by atoms with Crippen molar-refractivity contribution in [1.82, 2.24) is 3.46 Å². The molecule has 1 rings (SSSR count). The molecule has 0 aromatic heterocycles. The molecular weight excluding hydrogens is 386 g/mol. The molecule has 0 saturated carbocycles. The van der Waals surface area contributed by atoms with Crippen LogP contribution in [0.15, 0.2) is 0 Å². The Hall–Kier alpha value is 1.70. The number of rotatable bonds is 14. The summed E-state index contributed by atoms with van der Waals surface area (Å²) in [6.07, 6.45) is 14.0. The van der Waals surface area contributed by atoms with E-state index < -0.39 is 0 Å². The van der Waals surface area contributed by atoms with E-state index in [4.69, 9.17) is 0 Å². The molecule has 5 heteroatoms. The second-order valence-corrected chi connectivity index (χ2v) is 11.1. The molecule has 1 aliphatic rings. The molecule has 0 bridgehead atoms. The molecule has 1 heterocycles. The Labute approximate surface area is 150 Å². The van der Waals surface area contributed by atoms with Gasteiger partial charge in [0.2, 0.25) is 0 Å². The second kappa shape index (κ2) is 12.2. The van der Waals surface area contributed by atoms with E-state index in [1.165, 1.54) is 76.5 Å². The average Bonchev–Trinajstić information content (AvgIpc) is 3.23. The van der Waals surface area contributed by atoms with Gasteiger partial charge in [0.1, 0.15) is 0 Å². The Balaban J connectivity index is 2.02. The van der Waals surface area contributed by atoms with Gasteiger partial charge in [0.25, 0.3) is 0 Å². The van der Waals surface area contributed by atoms with E-state index >= 15 is 0 Å². The first-order valence-electron chi connectivity index (χ1n) is 8.20. The van der Waals surface area contributed by atoms with Crippen LogP contribution in [0.2, 0.25) is 0 Å². The fourth-order valence-corrected chi connectivity index (χ4v) is 8.23. The zero-order valence-electron chi connectivity index (χ0n) is 13.1. The van der Waals surface area contributed by atoms with Crippen LogP contribution >= 0.6 is 33.3 Å². The average molecular weight is 417 g/mol. The monoisotopic (exact) mass is 418 g/mol. The molecule has 0 aromatic carbocycles. The summed E-state index contributed by atoms with van der Waals surface area (Å²) in [5.41, 5.74) is 0. The molecule has 119 valence electrons. The first kappa shape index (κ1) is 19.7. The van der Waals surface area contributed by atoms with E-state index in [0.29, 0.717) is 3.54 Å². The van der Waals surface area contributed by atoms with Gasteiger partial charge in [0, 0.05) is 0 Å². The van der Waals surface area contributed by atoms with Crippen molar-refractivity contribution in [3.63, 3.8) is 0 Å². The van der Waals surface area contributed by atoms with Crippen LogP contribution in [0.3, 0.4) is 0 Å². The summed E-state index contributed by atoms with van der Waals surface area (Å²) >= 11 is 4.42. The third kappa shape index (κ3) is 8.36. The number of unbranched alkanes of at least 4 members (excludes halogenated alkanes) is 8. The van der Waals surface area contributed by atoms with Crippen molar-refractivity contribution in [1.29, 1.82) is 0 Å². The van der Waals surface area contributed by atoms with Gasteiger partial charge in [-0.1, -0.05) is 0 Å². The molecule has 0 aromatic rings. The second-order valence-electron chi connectivity index (χ2n) is 5.47. The molecule has 0 unspecified atom stereocenters. The van der Waals surface area contributed by atoms with Gasteiger partial charge in [-0.25, -0.2) is 0 Å². The van der Waals surface area contributed by atoms with Crippen molar-refractivity contribution in [2.24, 2.45) is 0 Å². The van der Waals surface area contributed by atoms with Crippen LogP contribution in [-0.2, 0) is 20.1 Å². The van der Waals surface area contributed by atoms with Gasteiger partial charge in [0.15, 0.2) is 0 Å². The molecule has 0 aliphatic carbocycles. The van der Waals surface area contributed by atoms with Crippen molar-refractivity contribution >= 4 is 33.3 Å². The minimum absolute atomic E-state index is 0.389. The molecule has 0 spiro atoms. The van der Waals surface area contributed by atoms with E-state index in [0.717, 1.165) is 0 Å². The summed E-state index contributed by atoms with van der Waals surface area (Å²) in [5, 5.41) is 0. The van der Waals surface area contributed by atoms with Gasteiger partial charge >= 0.3 is 151 Å². The summed E-state index contributed by atoms with van der Waals surface area (Å²) in [7, 11) is 4.14. The van der Waals surface area contributed by atoms with Gasteiger partial charge in [0.05, 0.1) is 0 Å². The quantitative estimate of drug-likeness (QED) is 0.105. The Morgan fingerprint density at radius 1 is 0.850 bits per heavy atom. The summed E-state index contributed by atoms with van der Waals surface area (Å²) in [6, 6.07) is 0. The zero-order chi connectivity index (χ0) is 14.7. The van der Waals surface area contributed by atoms with E-state index in [1.807, 2.05) is 0 Å². The van der Waals surface area contributed by atoms with Crippen molar-refractivity contribution < 1.29 is 20.1 Å². The normalized spacial score (nSPS) is 16.8. The SMILES string of the molecule is CCCCCCCSC1([N]([Mo])CCCCCCC)SS1. The molecule has 20 heavy (non-hydrogen) atoms. The third-order valence-corrected chi connectivity index (χ3v) is 10.8. The van der Waals surface area contributed by atoms with Crippen molar-refractivity contribution in [2.45, 2.75) is 81.6 Å². The number of hydrogen-bond donors (Lipinski definition) is 0. The number of thioether (sulfide) groups is 1. The van der Waals surface area contributed by atoms with Crippen molar-refractivity contribution in [3.05, 3.63) is 0 Å². The maximum absolute atomic E-state index is 2.60.